The lowest BCUT2D eigenvalue weighted by atomic mass is 9.94. The molecule has 1 aliphatic carbocycles. The van der Waals surface area contributed by atoms with Crippen molar-refractivity contribution in [3.8, 4) is 0 Å². The lowest BCUT2D eigenvalue weighted by molar-refractivity contribution is -0.384. The van der Waals surface area contributed by atoms with Crippen LogP contribution in [0.4, 0.5) is 11.4 Å². The van der Waals surface area contributed by atoms with Crippen molar-refractivity contribution in [1.82, 2.24) is 5.43 Å². The van der Waals surface area contributed by atoms with E-state index in [1.54, 1.807) is 12.1 Å². The Balaban J connectivity index is 2.33. The molecule has 0 aromatic heterocycles. The van der Waals surface area contributed by atoms with Gasteiger partial charge in [-0.2, -0.15) is 0 Å². The van der Waals surface area contributed by atoms with E-state index in [0.29, 0.717) is 11.7 Å². The zero-order valence-corrected chi connectivity index (χ0v) is 12.0. The van der Waals surface area contributed by atoms with Gasteiger partial charge in [0.15, 0.2) is 0 Å². The van der Waals surface area contributed by atoms with Crippen LogP contribution >= 0.6 is 0 Å². The van der Waals surface area contributed by atoms with Gasteiger partial charge in [-0.05, 0) is 25.0 Å². The second-order valence-electron chi connectivity index (χ2n) is 5.34. The highest BCUT2D eigenvalue weighted by molar-refractivity contribution is 5.95. The smallest absolute Gasteiger partial charge is 0.293 e. The highest BCUT2D eigenvalue weighted by atomic mass is 16.6. The molecule has 0 bridgehead atoms. The van der Waals surface area contributed by atoms with Crippen LogP contribution in [0.2, 0.25) is 0 Å². The monoisotopic (exact) mass is 292 g/mol. The summed E-state index contributed by atoms with van der Waals surface area (Å²) in [7, 11) is 1.88. The van der Waals surface area contributed by atoms with Crippen LogP contribution in [0.25, 0.3) is 0 Å². The molecule has 1 fully saturated rings. The highest BCUT2D eigenvalue weighted by Gasteiger charge is 2.25. The summed E-state index contributed by atoms with van der Waals surface area (Å²) >= 11 is 0. The van der Waals surface area contributed by atoms with E-state index < -0.39 is 10.8 Å². The van der Waals surface area contributed by atoms with Gasteiger partial charge in [0.05, 0.1) is 4.92 Å². The molecular weight excluding hydrogens is 272 g/mol. The molecule has 1 aromatic rings. The molecule has 2 rings (SSSR count). The SMILES string of the molecule is CN(c1ccc(C(=O)NN)cc1[N+](=O)[O-])C1CCCCC1. The Morgan fingerprint density at radius 1 is 1.38 bits per heavy atom. The first-order valence-electron chi connectivity index (χ1n) is 7.07. The number of amides is 1. The molecule has 7 heteroatoms. The van der Waals surface area contributed by atoms with Crippen LogP contribution in [0.1, 0.15) is 42.5 Å². The zero-order valence-electron chi connectivity index (χ0n) is 12.0. The van der Waals surface area contributed by atoms with E-state index in [1.165, 1.54) is 12.5 Å². The fraction of sp³-hybridized carbons (Fsp3) is 0.500. The van der Waals surface area contributed by atoms with Crippen LogP contribution in [-0.4, -0.2) is 23.9 Å². The Morgan fingerprint density at radius 2 is 2.05 bits per heavy atom. The lowest BCUT2D eigenvalue weighted by Gasteiger charge is -2.32. The van der Waals surface area contributed by atoms with E-state index >= 15 is 0 Å². The number of nitrogens with two attached hydrogens (primary N) is 1. The molecule has 114 valence electrons. The molecule has 21 heavy (non-hydrogen) atoms. The van der Waals surface area contributed by atoms with Gasteiger partial charge in [0.25, 0.3) is 11.6 Å². The Bertz CT molecular complexity index is 541. The average Bonchev–Trinajstić information content (AvgIpc) is 2.53. The van der Waals surface area contributed by atoms with Gasteiger partial charge in [-0.1, -0.05) is 19.3 Å². The Morgan fingerprint density at radius 3 is 2.62 bits per heavy atom. The van der Waals surface area contributed by atoms with Crippen molar-refractivity contribution in [3.05, 3.63) is 33.9 Å². The third-order valence-electron chi connectivity index (χ3n) is 4.07. The molecule has 1 saturated carbocycles. The number of nitrogens with one attached hydrogen (secondary N) is 1. The molecule has 0 spiro atoms. The van der Waals surface area contributed by atoms with Gasteiger partial charge in [0, 0.05) is 24.7 Å². The minimum Gasteiger partial charge on any atom is -0.366 e. The van der Waals surface area contributed by atoms with E-state index in [1.807, 2.05) is 17.4 Å². The van der Waals surface area contributed by atoms with Gasteiger partial charge in [-0.15, -0.1) is 0 Å². The number of nitrogen functional groups attached to an aromatic ring is 1. The minimum atomic E-state index is -0.537. The van der Waals surface area contributed by atoms with Crippen LogP contribution in [0, 0.1) is 10.1 Å². The highest BCUT2D eigenvalue weighted by Crippen LogP contribution is 2.33. The molecule has 1 aromatic carbocycles. The molecule has 3 N–H and O–H groups in total. The molecule has 1 amide bonds. The largest absolute Gasteiger partial charge is 0.366 e. The molecule has 0 atom stereocenters. The first-order valence-corrected chi connectivity index (χ1v) is 7.07. The van der Waals surface area contributed by atoms with Gasteiger partial charge in [-0.3, -0.25) is 20.3 Å². The number of carbonyl (C=O) groups is 1. The molecule has 0 radical (unpaired) electrons. The van der Waals surface area contributed by atoms with Crippen LogP contribution in [-0.2, 0) is 0 Å². The van der Waals surface area contributed by atoms with Crippen LogP contribution in [0.15, 0.2) is 18.2 Å². The van der Waals surface area contributed by atoms with E-state index in [2.05, 4.69) is 0 Å². The summed E-state index contributed by atoms with van der Waals surface area (Å²) in [4.78, 5) is 24.3. The average molecular weight is 292 g/mol. The molecule has 0 unspecified atom stereocenters. The predicted octanol–water partition coefficient (Wildman–Crippen LogP) is 1.97. The maximum absolute atomic E-state index is 11.5. The van der Waals surface area contributed by atoms with Gasteiger partial charge in [-0.25, -0.2) is 5.84 Å². The number of hydrazine groups is 1. The first kappa shape index (κ1) is 15.2. The summed E-state index contributed by atoms with van der Waals surface area (Å²) in [5, 5.41) is 11.3. The second-order valence-corrected chi connectivity index (χ2v) is 5.34. The number of hydrogen-bond acceptors (Lipinski definition) is 5. The Labute approximate surface area is 123 Å². The maximum Gasteiger partial charge on any atom is 0.293 e. The van der Waals surface area contributed by atoms with E-state index in [-0.39, 0.29) is 11.3 Å². The third kappa shape index (κ3) is 3.30. The summed E-state index contributed by atoms with van der Waals surface area (Å²) in [6.45, 7) is 0. The summed E-state index contributed by atoms with van der Waals surface area (Å²) in [6, 6.07) is 4.77. The number of nitro groups is 1. The van der Waals surface area contributed by atoms with Gasteiger partial charge < -0.3 is 4.90 Å². The van der Waals surface area contributed by atoms with Crippen molar-refractivity contribution in [2.75, 3.05) is 11.9 Å². The van der Waals surface area contributed by atoms with Crippen molar-refractivity contribution in [2.45, 2.75) is 38.1 Å². The molecule has 0 saturated heterocycles. The zero-order chi connectivity index (χ0) is 15.4. The summed E-state index contributed by atoms with van der Waals surface area (Å²) in [6.07, 6.45) is 5.60. The van der Waals surface area contributed by atoms with E-state index in [0.717, 1.165) is 25.7 Å². The Kier molecular flexibility index (Phi) is 4.74. The lowest BCUT2D eigenvalue weighted by Crippen LogP contribution is -2.34. The first-order chi connectivity index (χ1) is 10.0. The summed E-state index contributed by atoms with van der Waals surface area (Å²) in [5.41, 5.74) is 2.65. The number of hydrogen-bond donors (Lipinski definition) is 2. The number of carbonyl (C=O) groups excluding carboxylic acids is 1. The second kappa shape index (κ2) is 6.53. The fourth-order valence-electron chi connectivity index (χ4n) is 2.86. The van der Waals surface area contributed by atoms with Crippen molar-refractivity contribution >= 4 is 17.3 Å². The number of nitrogens with zero attached hydrogens (tertiary/aromatic N) is 2. The molecule has 1 aliphatic rings. The predicted molar refractivity (Wildman–Crippen MR) is 80.0 cm³/mol. The van der Waals surface area contributed by atoms with E-state index in [9.17, 15) is 14.9 Å². The van der Waals surface area contributed by atoms with Gasteiger partial charge in [0.1, 0.15) is 5.69 Å². The number of nitro benzene ring substituents is 1. The van der Waals surface area contributed by atoms with Crippen molar-refractivity contribution in [1.29, 1.82) is 0 Å². The van der Waals surface area contributed by atoms with Crippen molar-refractivity contribution in [3.63, 3.8) is 0 Å². The quantitative estimate of drug-likeness (QED) is 0.382. The van der Waals surface area contributed by atoms with Crippen LogP contribution < -0.4 is 16.2 Å². The fourth-order valence-corrected chi connectivity index (χ4v) is 2.86. The van der Waals surface area contributed by atoms with Gasteiger partial charge in [0.2, 0.25) is 0 Å². The molecular formula is C14H20N4O3. The number of benzene rings is 1. The minimum absolute atomic E-state index is 0.0656. The summed E-state index contributed by atoms with van der Waals surface area (Å²) in [5.74, 6) is 4.53. The van der Waals surface area contributed by atoms with E-state index in [4.69, 9.17) is 5.84 Å². The molecule has 7 nitrogen and oxygen atoms in total. The van der Waals surface area contributed by atoms with Crippen molar-refractivity contribution < 1.29 is 9.72 Å². The molecule has 0 aliphatic heterocycles. The van der Waals surface area contributed by atoms with Crippen molar-refractivity contribution in [2.24, 2.45) is 5.84 Å². The number of rotatable bonds is 4. The van der Waals surface area contributed by atoms with Crippen LogP contribution in [0.3, 0.4) is 0 Å². The standard InChI is InChI=1S/C14H20N4O3/c1-17(11-5-3-2-4-6-11)12-8-7-10(14(19)16-15)9-13(12)18(20)21/h7-9,11H,2-6,15H2,1H3,(H,16,19). The topological polar surface area (TPSA) is 102 Å². The Hall–Kier alpha value is -2.15. The molecule has 0 heterocycles. The normalized spacial score (nSPS) is 15.5. The number of anilines is 1. The van der Waals surface area contributed by atoms with Gasteiger partial charge >= 0.3 is 0 Å². The van der Waals surface area contributed by atoms with Crippen LogP contribution in [0.5, 0.6) is 0 Å². The summed E-state index contributed by atoms with van der Waals surface area (Å²) < 4.78 is 0. The maximum atomic E-state index is 11.5. The third-order valence-corrected chi connectivity index (χ3v) is 4.07.